The van der Waals surface area contributed by atoms with Crippen molar-refractivity contribution in [2.24, 2.45) is 5.92 Å². The number of aliphatic hydroxyl groups excluding tert-OH is 1. The van der Waals surface area contributed by atoms with Gasteiger partial charge in [0.1, 0.15) is 12.4 Å². The predicted octanol–water partition coefficient (Wildman–Crippen LogP) is 4.01. The Morgan fingerprint density at radius 3 is 1.95 bits per heavy atom. The number of nitrogens with one attached hydrogen (secondary N) is 2. The highest BCUT2D eigenvalue weighted by atomic mass is 31.2. The summed E-state index contributed by atoms with van der Waals surface area (Å²) in [4.78, 5) is 48.0. The molecular formula is C30H35N2O8P. The lowest BCUT2D eigenvalue weighted by atomic mass is 9.97. The number of carboxylic acids is 1. The van der Waals surface area contributed by atoms with Gasteiger partial charge in [0.2, 0.25) is 13.3 Å². The minimum absolute atomic E-state index is 0.0166. The summed E-state index contributed by atoms with van der Waals surface area (Å²) in [5, 5.41) is 23.9. The zero-order valence-corrected chi connectivity index (χ0v) is 23.7. The quantitative estimate of drug-likeness (QED) is 0.189. The smallest absolute Gasteiger partial charge is 0.408 e. The van der Waals surface area contributed by atoms with Crippen LogP contribution in [0.5, 0.6) is 0 Å². The average Bonchev–Trinajstić information content (AvgIpc) is 2.95. The molecular weight excluding hydrogens is 547 g/mol. The van der Waals surface area contributed by atoms with Crippen molar-refractivity contribution in [2.45, 2.75) is 44.8 Å². The fourth-order valence-corrected chi connectivity index (χ4v) is 5.71. The number of ether oxygens (including phenoxy) is 1. The van der Waals surface area contributed by atoms with Crippen LogP contribution in [0.25, 0.3) is 11.1 Å². The number of benzene rings is 3. The third-order valence-electron chi connectivity index (χ3n) is 6.59. The van der Waals surface area contributed by atoms with Gasteiger partial charge < -0.3 is 30.5 Å². The second-order valence-electron chi connectivity index (χ2n) is 9.85. The Morgan fingerprint density at radius 2 is 1.39 bits per heavy atom. The van der Waals surface area contributed by atoms with E-state index < -0.39 is 55.3 Å². The van der Waals surface area contributed by atoms with E-state index in [2.05, 4.69) is 10.6 Å². The van der Waals surface area contributed by atoms with Crippen LogP contribution in [0.1, 0.15) is 25.0 Å². The predicted molar refractivity (Wildman–Crippen MR) is 154 cm³/mol. The van der Waals surface area contributed by atoms with Crippen LogP contribution in [0.4, 0.5) is 4.79 Å². The zero-order valence-electron chi connectivity index (χ0n) is 22.8. The number of amides is 2. The van der Waals surface area contributed by atoms with Gasteiger partial charge in [0.15, 0.2) is 6.04 Å². The summed E-state index contributed by atoms with van der Waals surface area (Å²) in [5.74, 6) is -4.64. The van der Waals surface area contributed by atoms with Crippen molar-refractivity contribution in [3.8, 4) is 11.1 Å². The molecule has 11 heteroatoms. The summed E-state index contributed by atoms with van der Waals surface area (Å²) in [6.07, 6.45) is -2.83. The fourth-order valence-electron chi connectivity index (χ4n) is 4.16. The van der Waals surface area contributed by atoms with Crippen molar-refractivity contribution in [3.05, 3.63) is 96.1 Å². The molecule has 0 saturated carbocycles. The molecule has 0 bridgehead atoms. The molecule has 0 heterocycles. The van der Waals surface area contributed by atoms with Crippen LogP contribution in [0.3, 0.4) is 0 Å². The van der Waals surface area contributed by atoms with E-state index in [9.17, 15) is 34.1 Å². The first kappa shape index (κ1) is 31.5. The molecule has 0 aliphatic carbocycles. The first-order valence-electron chi connectivity index (χ1n) is 13.1. The molecule has 2 amide bonds. The normalized spacial score (nSPS) is 15.4. The fraction of sp³-hybridized carbons (Fsp3) is 0.300. The van der Waals surface area contributed by atoms with Gasteiger partial charge in [0, 0.05) is 6.16 Å². The maximum absolute atomic E-state index is 13.4. The van der Waals surface area contributed by atoms with Crippen LogP contribution in [0, 0.1) is 5.92 Å². The molecule has 2 unspecified atom stereocenters. The summed E-state index contributed by atoms with van der Waals surface area (Å²) in [6, 6.07) is 24.3. The van der Waals surface area contributed by atoms with E-state index in [0.717, 1.165) is 16.7 Å². The highest BCUT2D eigenvalue weighted by Crippen LogP contribution is 2.47. The molecule has 218 valence electrons. The van der Waals surface area contributed by atoms with Crippen LogP contribution in [-0.2, 0) is 31.9 Å². The molecule has 3 aromatic rings. The van der Waals surface area contributed by atoms with Crippen LogP contribution >= 0.6 is 7.37 Å². The Hall–Kier alpha value is -3.98. The van der Waals surface area contributed by atoms with E-state index >= 15 is 0 Å². The number of hydrogen-bond acceptors (Lipinski definition) is 6. The number of carboxylic acid groups (broad SMARTS) is 1. The largest absolute Gasteiger partial charge is 0.480 e. The Bertz CT molecular complexity index is 1350. The van der Waals surface area contributed by atoms with Gasteiger partial charge in [-0.25, -0.2) is 9.59 Å². The first-order chi connectivity index (χ1) is 19.5. The van der Waals surface area contributed by atoms with Crippen molar-refractivity contribution in [3.63, 3.8) is 0 Å². The van der Waals surface area contributed by atoms with Gasteiger partial charge in [-0.2, -0.15) is 0 Å². The standard InChI is InChI=1S/C30H35N2O8P/c1-20(33)27(29(35)36)32-28(34)26(17-22-13-15-25(16-14-22)24-11-7-4-8-12-24)19-41(38,39)21(2)31-30(37)40-18-23-9-5-3-6-10-23/h3-16,20-21,26-27,33H,17-19H2,1-2H3,(H,31,37)(H,32,34)(H,35,36)(H,38,39)/t20?,21-,26+,27+/m1/s1. The molecule has 0 spiro atoms. The Morgan fingerprint density at radius 1 is 0.829 bits per heavy atom. The number of aliphatic hydroxyl groups is 1. The molecule has 10 nitrogen and oxygen atoms in total. The minimum atomic E-state index is -4.21. The van der Waals surface area contributed by atoms with Crippen molar-refractivity contribution in [1.82, 2.24) is 10.6 Å². The van der Waals surface area contributed by atoms with Crippen molar-refractivity contribution in [2.75, 3.05) is 6.16 Å². The number of hydrogen-bond donors (Lipinski definition) is 5. The molecule has 0 aliphatic rings. The van der Waals surface area contributed by atoms with Crippen LogP contribution in [0.15, 0.2) is 84.9 Å². The Labute approximate surface area is 238 Å². The monoisotopic (exact) mass is 582 g/mol. The highest BCUT2D eigenvalue weighted by molar-refractivity contribution is 7.58. The molecule has 0 aromatic heterocycles. The van der Waals surface area contributed by atoms with Gasteiger partial charge in [0.05, 0.1) is 12.0 Å². The number of carbonyl (C=O) groups excluding carboxylic acids is 2. The van der Waals surface area contributed by atoms with Gasteiger partial charge in [-0.1, -0.05) is 84.9 Å². The lowest BCUT2D eigenvalue weighted by molar-refractivity contribution is -0.145. The highest BCUT2D eigenvalue weighted by Gasteiger charge is 2.37. The Kier molecular flexibility index (Phi) is 11.2. The summed E-state index contributed by atoms with van der Waals surface area (Å²) < 4.78 is 18.5. The zero-order chi connectivity index (χ0) is 30.0. The van der Waals surface area contributed by atoms with E-state index in [1.54, 1.807) is 36.4 Å². The molecule has 5 atom stereocenters. The van der Waals surface area contributed by atoms with E-state index in [0.29, 0.717) is 5.56 Å². The molecule has 0 fully saturated rings. The van der Waals surface area contributed by atoms with Gasteiger partial charge >= 0.3 is 12.1 Å². The van der Waals surface area contributed by atoms with Crippen LogP contribution in [0.2, 0.25) is 0 Å². The van der Waals surface area contributed by atoms with Gasteiger partial charge in [-0.3, -0.25) is 9.36 Å². The lowest BCUT2D eigenvalue weighted by Gasteiger charge is -2.26. The van der Waals surface area contributed by atoms with E-state index in [1.165, 1.54) is 13.8 Å². The van der Waals surface area contributed by atoms with Gasteiger partial charge in [0.25, 0.3) is 0 Å². The average molecular weight is 583 g/mol. The van der Waals surface area contributed by atoms with Crippen molar-refractivity contribution < 1.29 is 38.8 Å². The topological polar surface area (TPSA) is 162 Å². The third kappa shape index (κ3) is 9.56. The molecule has 41 heavy (non-hydrogen) atoms. The van der Waals surface area contributed by atoms with Gasteiger partial charge in [-0.15, -0.1) is 0 Å². The summed E-state index contributed by atoms with van der Waals surface area (Å²) in [5.41, 5.74) is 3.35. The van der Waals surface area contributed by atoms with Crippen molar-refractivity contribution in [1.29, 1.82) is 0 Å². The number of carbonyl (C=O) groups is 3. The first-order valence-corrected chi connectivity index (χ1v) is 15.0. The summed E-state index contributed by atoms with van der Waals surface area (Å²) in [7, 11) is -4.21. The molecule has 0 aliphatic heterocycles. The molecule has 3 aromatic carbocycles. The molecule has 0 saturated heterocycles. The number of rotatable bonds is 13. The molecule has 3 rings (SSSR count). The van der Waals surface area contributed by atoms with E-state index in [4.69, 9.17) is 4.74 Å². The number of aliphatic carboxylic acids is 1. The van der Waals surface area contributed by atoms with Crippen LogP contribution in [-0.4, -0.2) is 57.2 Å². The van der Waals surface area contributed by atoms with E-state index in [-0.39, 0.29) is 13.0 Å². The van der Waals surface area contributed by atoms with E-state index in [1.807, 2.05) is 48.5 Å². The Balaban J connectivity index is 1.74. The second kappa shape index (κ2) is 14.6. The second-order valence-corrected chi connectivity index (χ2v) is 12.5. The minimum Gasteiger partial charge on any atom is -0.480 e. The maximum atomic E-state index is 13.4. The SMILES string of the molecule is CC(O)[C@H](NC(=O)[C@@H](Cc1ccc(-c2ccccc2)cc1)CP(=O)(O)[C@H](C)NC(=O)OCc1ccccc1)C(=O)O. The van der Waals surface area contributed by atoms with Crippen LogP contribution < -0.4 is 10.6 Å². The lowest BCUT2D eigenvalue weighted by Crippen LogP contribution is -2.50. The molecule has 0 radical (unpaired) electrons. The van der Waals surface area contributed by atoms with Crippen molar-refractivity contribution >= 4 is 25.3 Å². The third-order valence-corrected chi connectivity index (χ3v) is 8.89. The molecule has 5 N–H and O–H groups in total. The maximum Gasteiger partial charge on any atom is 0.408 e. The summed E-state index contributed by atoms with van der Waals surface area (Å²) >= 11 is 0. The van der Waals surface area contributed by atoms with Gasteiger partial charge in [-0.05, 0) is 42.5 Å². The summed E-state index contributed by atoms with van der Waals surface area (Å²) in [6.45, 7) is 2.53. The number of alkyl carbamates (subject to hydrolysis) is 1.